The van der Waals surface area contributed by atoms with Crippen LogP contribution in [0.2, 0.25) is 0 Å². The number of unbranched alkanes of at least 4 members (excludes halogenated alkanes) is 2. The Hall–Kier alpha value is -0.300. The highest BCUT2D eigenvalue weighted by Gasteiger charge is 2.16. The Morgan fingerprint density at radius 1 is 1.40 bits per heavy atom. The summed E-state index contributed by atoms with van der Waals surface area (Å²) < 4.78 is 5.07. The summed E-state index contributed by atoms with van der Waals surface area (Å²) in [5.74, 6) is 0.879. The molecule has 10 heavy (non-hydrogen) atoms. The van der Waals surface area contributed by atoms with Crippen molar-refractivity contribution in [2.45, 2.75) is 25.7 Å². The summed E-state index contributed by atoms with van der Waals surface area (Å²) in [6, 6.07) is 0. The highest BCUT2D eigenvalue weighted by molar-refractivity contribution is 4.68. The summed E-state index contributed by atoms with van der Waals surface area (Å²) in [6.45, 7) is 5.70. The molecule has 0 bridgehead atoms. The summed E-state index contributed by atoms with van der Waals surface area (Å²) in [7, 11) is 0. The molecule has 1 heterocycles. The molecule has 1 heteroatoms. The summed E-state index contributed by atoms with van der Waals surface area (Å²) in [6.07, 6.45) is 7.18. The average Bonchev–Trinajstić information content (AvgIpc) is 1.84. The van der Waals surface area contributed by atoms with Crippen LogP contribution in [0.25, 0.3) is 0 Å². The fraction of sp³-hybridized carbons (Fsp3) is 0.778. The molecule has 0 radical (unpaired) electrons. The number of allylic oxidation sites excluding steroid dienone is 1. The van der Waals surface area contributed by atoms with E-state index < -0.39 is 0 Å². The Labute approximate surface area is 63.1 Å². The van der Waals surface area contributed by atoms with Crippen molar-refractivity contribution in [1.29, 1.82) is 0 Å². The SMILES string of the molecule is C=CCCCCC1COC1. The topological polar surface area (TPSA) is 9.23 Å². The number of rotatable bonds is 5. The molecule has 1 aliphatic heterocycles. The van der Waals surface area contributed by atoms with E-state index >= 15 is 0 Å². The summed E-state index contributed by atoms with van der Waals surface area (Å²) in [5.41, 5.74) is 0. The predicted molar refractivity (Wildman–Crippen MR) is 43.0 cm³/mol. The van der Waals surface area contributed by atoms with Gasteiger partial charge in [-0.2, -0.15) is 0 Å². The minimum Gasteiger partial charge on any atom is -0.381 e. The van der Waals surface area contributed by atoms with Crippen molar-refractivity contribution in [3.05, 3.63) is 12.7 Å². The second-order valence-corrected chi connectivity index (χ2v) is 2.98. The molecular formula is C9H16O. The van der Waals surface area contributed by atoms with Crippen molar-refractivity contribution in [1.82, 2.24) is 0 Å². The lowest BCUT2D eigenvalue weighted by molar-refractivity contribution is -0.0363. The Balaban J connectivity index is 1.80. The van der Waals surface area contributed by atoms with Crippen molar-refractivity contribution in [2.75, 3.05) is 13.2 Å². The minimum atomic E-state index is 0.879. The van der Waals surface area contributed by atoms with Crippen LogP contribution in [-0.2, 0) is 4.74 Å². The number of ether oxygens (including phenoxy) is 1. The minimum absolute atomic E-state index is 0.879. The molecule has 1 aliphatic rings. The Morgan fingerprint density at radius 2 is 2.20 bits per heavy atom. The quantitative estimate of drug-likeness (QED) is 0.421. The van der Waals surface area contributed by atoms with E-state index in [1.54, 1.807) is 0 Å². The maximum absolute atomic E-state index is 5.07. The van der Waals surface area contributed by atoms with E-state index in [2.05, 4.69) is 6.58 Å². The van der Waals surface area contributed by atoms with Crippen LogP contribution in [-0.4, -0.2) is 13.2 Å². The molecule has 0 aliphatic carbocycles. The van der Waals surface area contributed by atoms with Gasteiger partial charge in [-0.3, -0.25) is 0 Å². The van der Waals surface area contributed by atoms with Crippen LogP contribution < -0.4 is 0 Å². The zero-order chi connectivity index (χ0) is 7.23. The van der Waals surface area contributed by atoms with Gasteiger partial charge in [0.15, 0.2) is 0 Å². The van der Waals surface area contributed by atoms with Crippen molar-refractivity contribution >= 4 is 0 Å². The molecule has 58 valence electrons. The molecule has 1 saturated heterocycles. The van der Waals surface area contributed by atoms with Crippen LogP contribution >= 0.6 is 0 Å². The van der Waals surface area contributed by atoms with Gasteiger partial charge in [-0.25, -0.2) is 0 Å². The van der Waals surface area contributed by atoms with Gasteiger partial charge >= 0.3 is 0 Å². The van der Waals surface area contributed by atoms with Crippen LogP contribution in [0.3, 0.4) is 0 Å². The van der Waals surface area contributed by atoms with E-state index in [9.17, 15) is 0 Å². The van der Waals surface area contributed by atoms with Gasteiger partial charge in [-0.15, -0.1) is 6.58 Å². The first kappa shape index (κ1) is 7.80. The van der Waals surface area contributed by atoms with Gasteiger partial charge in [0, 0.05) is 5.92 Å². The maximum atomic E-state index is 5.07. The van der Waals surface area contributed by atoms with E-state index in [1.807, 2.05) is 6.08 Å². The second-order valence-electron chi connectivity index (χ2n) is 2.98. The van der Waals surface area contributed by atoms with Crippen LogP contribution in [0.5, 0.6) is 0 Å². The predicted octanol–water partition coefficient (Wildman–Crippen LogP) is 2.38. The Morgan fingerprint density at radius 3 is 2.70 bits per heavy atom. The van der Waals surface area contributed by atoms with Crippen molar-refractivity contribution in [3.63, 3.8) is 0 Å². The van der Waals surface area contributed by atoms with Crippen molar-refractivity contribution in [2.24, 2.45) is 5.92 Å². The molecular weight excluding hydrogens is 124 g/mol. The highest BCUT2D eigenvalue weighted by atomic mass is 16.5. The first-order valence-corrected chi connectivity index (χ1v) is 4.12. The molecule has 0 aromatic heterocycles. The molecule has 0 atom stereocenters. The van der Waals surface area contributed by atoms with Crippen LogP contribution in [0.4, 0.5) is 0 Å². The molecule has 0 spiro atoms. The van der Waals surface area contributed by atoms with Gasteiger partial charge in [0.05, 0.1) is 13.2 Å². The maximum Gasteiger partial charge on any atom is 0.0516 e. The zero-order valence-electron chi connectivity index (χ0n) is 6.51. The molecule has 0 saturated carbocycles. The van der Waals surface area contributed by atoms with Gasteiger partial charge in [0.25, 0.3) is 0 Å². The van der Waals surface area contributed by atoms with Crippen molar-refractivity contribution < 1.29 is 4.74 Å². The van der Waals surface area contributed by atoms with E-state index in [1.165, 1.54) is 25.7 Å². The van der Waals surface area contributed by atoms with Gasteiger partial charge < -0.3 is 4.74 Å². The normalized spacial score (nSPS) is 18.4. The molecule has 0 aromatic rings. The second kappa shape index (κ2) is 4.51. The highest BCUT2D eigenvalue weighted by Crippen LogP contribution is 2.17. The first-order valence-electron chi connectivity index (χ1n) is 4.12. The fourth-order valence-electron chi connectivity index (χ4n) is 1.17. The molecule has 0 unspecified atom stereocenters. The van der Waals surface area contributed by atoms with Gasteiger partial charge in [0.2, 0.25) is 0 Å². The average molecular weight is 140 g/mol. The third kappa shape index (κ3) is 2.53. The monoisotopic (exact) mass is 140 g/mol. The number of hydrogen-bond acceptors (Lipinski definition) is 1. The Bertz CT molecular complexity index is 94.9. The molecule has 1 fully saturated rings. The third-order valence-corrected chi connectivity index (χ3v) is 1.98. The van der Waals surface area contributed by atoms with Crippen LogP contribution in [0.15, 0.2) is 12.7 Å². The zero-order valence-corrected chi connectivity index (χ0v) is 6.51. The lowest BCUT2D eigenvalue weighted by Gasteiger charge is -2.25. The van der Waals surface area contributed by atoms with Gasteiger partial charge in [-0.1, -0.05) is 12.5 Å². The summed E-state index contributed by atoms with van der Waals surface area (Å²) >= 11 is 0. The van der Waals surface area contributed by atoms with Crippen LogP contribution in [0.1, 0.15) is 25.7 Å². The largest absolute Gasteiger partial charge is 0.381 e. The van der Waals surface area contributed by atoms with Gasteiger partial charge in [0.1, 0.15) is 0 Å². The molecule has 1 nitrogen and oxygen atoms in total. The Kier molecular flexibility index (Phi) is 3.52. The standard InChI is InChI=1S/C9H16O/c1-2-3-4-5-6-9-7-10-8-9/h2,9H,1,3-8H2. The lowest BCUT2D eigenvalue weighted by atomic mass is 10.00. The van der Waals surface area contributed by atoms with E-state index in [0.29, 0.717) is 0 Å². The first-order chi connectivity index (χ1) is 4.93. The smallest absolute Gasteiger partial charge is 0.0516 e. The molecule has 0 amide bonds. The number of hydrogen-bond donors (Lipinski definition) is 0. The summed E-state index contributed by atoms with van der Waals surface area (Å²) in [4.78, 5) is 0. The van der Waals surface area contributed by atoms with Gasteiger partial charge in [-0.05, 0) is 19.3 Å². The lowest BCUT2D eigenvalue weighted by Crippen LogP contribution is -2.27. The molecule has 0 aromatic carbocycles. The summed E-state index contributed by atoms with van der Waals surface area (Å²) in [5, 5.41) is 0. The molecule has 0 N–H and O–H groups in total. The van der Waals surface area contributed by atoms with E-state index in [0.717, 1.165) is 19.1 Å². The molecule has 1 rings (SSSR count). The van der Waals surface area contributed by atoms with E-state index in [-0.39, 0.29) is 0 Å². The van der Waals surface area contributed by atoms with Crippen LogP contribution in [0, 0.1) is 5.92 Å². The van der Waals surface area contributed by atoms with E-state index in [4.69, 9.17) is 4.74 Å². The van der Waals surface area contributed by atoms with Crippen molar-refractivity contribution in [3.8, 4) is 0 Å². The fourth-order valence-corrected chi connectivity index (χ4v) is 1.17. The third-order valence-electron chi connectivity index (χ3n) is 1.98.